The van der Waals surface area contributed by atoms with Crippen LogP contribution in [-0.2, 0) is 6.42 Å². The van der Waals surface area contributed by atoms with Crippen LogP contribution in [0, 0.1) is 0 Å². The lowest BCUT2D eigenvalue weighted by molar-refractivity contribution is 0.530. The van der Waals surface area contributed by atoms with E-state index in [1.165, 1.54) is 31.2 Å². The summed E-state index contributed by atoms with van der Waals surface area (Å²) in [6.45, 7) is 4.43. The Morgan fingerprint density at radius 1 is 1.24 bits per heavy atom. The summed E-state index contributed by atoms with van der Waals surface area (Å²) in [4.78, 5) is 8.67. The van der Waals surface area contributed by atoms with Gasteiger partial charge in [-0.05, 0) is 26.2 Å². The maximum Gasteiger partial charge on any atom is 0.135 e. The number of nitrogens with one attached hydrogen (secondary N) is 2. The van der Waals surface area contributed by atoms with E-state index in [4.69, 9.17) is 0 Å². The molecule has 1 aromatic rings. The summed E-state index contributed by atoms with van der Waals surface area (Å²) >= 11 is 0. The van der Waals surface area contributed by atoms with Crippen LogP contribution in [0.3, 0.4) is 0 Å². The Morgan fingerprint density at radius 2 is 1.88 bits per heavy atom. The highest BCUT2D eigenvalue weighted by Crippen LogP contribution is 2.33. The lowest BCUT2D eigenvalue weighted by Crippen LogP contribution is -2.32. The fourth-order valence-corrected chi connectivity index (χ4v) is 2.64. The van der Waals surface area contributed by atoms with Crippen LogP contribution in [0.1, 0.15) is 45.1 Å². The van der Waals surface area contributed by atoms with E-state index in [1.807, 2.05) is 7.05 Å². The standard InChI is InChI=1S/C13H22N4/c1-4-10-11(14-3)15-9-16-12(10)17-13(2)7-5-6-8-13/h9H,4-8H2,1-3H3,(H2,14,15,16,17). The van der Waals surface area contributed by atoms with Gasteiger partial charge in [0.2, 0.25) is 0 Å². The summed E-state index contributed by atoms with van der Waals surface area (Å²) in [6, 6.07) is 0. The van der Waals surface area contributed by atoms with Crippen molar-refractivity contribution in [3.05, 3.63) is 11.9 Å². The molecule has 0 aromatic carbocycles. The summed E-state index contributed by atoms with van der Waals surface area (Å²) in [5.41, 5.74) is 1.40. The molecule has 0 radical (unpaired) electrons. The van der Waals surface area contributed by atoms with Gasteiger partial charge in [0.05, 0.1) is 0 Å². The molecule has 0 amide bonds. The minimum Gasteiger partial charge on any atom is -0.373 e. The molecule has 1 aromatic heterocycles. The van der Waals surface area contributed by atoms with Crippen molar-refractivity contribution in [1.29, 1.82) is 0 Å². The molecule has 2 N–H and O–H groups in total. The summed E-state index contributed by atoms with van der Waals surface area (Å²) in [5, 5.41) is 6.75. The quantitative estimate of drug-likeness (QED) is 0.841. The number of hydrogen-bond acceptors (Lipinski definition) is 4. The van der Waals surface area contributed by atoms with E-state index in [-0.39, 0.29) is 5.54 Å². The van der Waals surface area contributed by atoms with E-state index in [0.29, 0.717) is 0 Å². The first-order valence-corrected chi connectivity index (χ1v) is 6.48. The largest absolute Gasteiger partial charge is 0.373 e. The average Bonchev–Trinajstić information content (AvgIpc) is 2.75. The van der Waals surface area contributed by atoms with Crippen molar-refractivity contribution in [2.75, 3.05) is 17.7 Å². The van der Waals surface area contributed by atoms with Gasteiger partial charge in [0.25, 0.3) is 0 Å². The number of aromatic nitrogens is 2. The van der Waals surface area contributed by atoms with Crippen LogP contribution in [0.25, 0.3) is 0 Å². The Kier molecular flexibility index (Phi) is 3.50. The lowest BCUT2D eigenvalue weighted by Gasteiger charge is -2.27. The Bertz CT molecular complexity index is 383. The van der Waals surface area contributed by atoms with Crippen molar-refractivity contribution in [3.63, 3.8) is 0 Å². The van der Waals surface area contributed by atoms with Crippen molar-refractivity contribution >= 4 is 11.6 Å². The summed E-state index contributed by atoms with van der Waals surface area (Å²) < 4.78 is 0. The second-order valence-corrected chi connectivity index (χ2v) is 5.05. The molecule has 1 aliphatic carbocycles. The van der Waals surface area contributed by atoms with Gasteiger partial charge in [-0.1, -0.05) is 19.8 Å². The fourth-order valence-electron chi connectivity index (χ4n) is 2.64. The van der Waals surface area contributed by atoms with Crippen LogP contribution in [0.15, 0.2) is 6.33 Å². The van der Waals surface area contributed by atoms with E-state index in [0.717, 1.165) is 18.1 Å². The van der Waals surface area contributed by atoms with Crippen LogP contribution in [-0.4, -0.2) is 22.6 Å². The third-order valence-electron chi connectivity index (χ3n) is 3.66. The molecule has 0 aliphatic heterocycles. The predicted molar refractivity (Wildman–Crippen MR) is 71.5 cm³/mol. The fraction of sp³-hybridized carbons (Fsp3) is 0.692. The zero-order valence-corrected chi connectivity index (χ0v) is 11.0. The second kappa shape index (κ2) is 4.90. The first-order chi connectivity index (χ1) is 8.18. The van der Waals surface area contributed by atoms with E-state index < -0.39 is 0 Å². The monoisotopic (exact) mass is 234 g/mol. The van der Waals surface area contributed by atoms with Crippen LogP contribution in [0.4, 0.5) is 11.6 Å². The Balaban J connectivity index is 2.25. The molecule has 0 spiro atoms. The summed E-state index contributed by atoms with van der Waals surface area (Å²) in [6.07, 6.45) is 7.66. The molecule has 1 fully saturated rings. The topological polar surface area (TPSA) is 49.8 Å². The van der Waals surface area contributed by atoms with Crippen molar-refractivity contribution in [2.45, 2.75) is 51.5 Å². The van der Waals surface area contributed by atoms with Gasteiger partial charge in [-0.3, -0.25) is 0 Å². The van der Waals surface area contributed by atoms with Gasteiger partial charge >= 0.3 is 0 Å². The van der Waals surface area contributed by atoms with Gasteiger partial charge in [0, 0.05) is 18.2 Å². The zero-order chi connectivity index (χ0) is 12.3. The average molecular weight is 234 g/mol. The SMILES string of the molecule is CCc1c(NC)ncnc1NC1(C)CCCC1. The third kappa shape index (κ3) is 2.51. The molecule has 1 aliphatic rings. The third-order valence-corrected chi connectivity index (χ3v) is 3.66. The van der Waals surface area contributed by atoms with E-state index in [9.17, 15) is 0 Å². The normalized spacial score (nSPS) is 18.1. The maximum atomic E-state index is 4.40. The van der Waals surface area contributed by atoms with Gasteiger partial charge in [0.15, 0.2) is 0 Å². The molecular weight excluding hydrogens is 212 g/mol. The molecule has 1 heterocycles. The molecule has 17 heavy (non-hydrogen) atoms. The highest BCUT2D eigenvalue weighted by atomic mass is 15.1. The van der Waals surface area contributed by atoms with Gasteiger partial charge in [-0.15, -0.1) is 0 Å². The minimum atomic E-state index is 0.212. The second-order valence-electron chi connectivity index (χ2n) is 5.05. The predicted octanol–water partition coefficient (Wildman–Crippen LogP) is 2.83. The lowest BCUT2D eigenvalue weighted by atomic mass is 10.0. The molecule has 4 heteroatoms. The van der Waals surface area contributed by atoms with Crippen LogP contribution >= 0.6 is 0 Å². The van der Waals surface area contributed by atoms with Gasteiger partial charge in [-0.25, -0.2) is 9.97 Å². The molecule has 4 nitrogen and oxygen atoms in total. The smallest absolute Gasteiger partial charge is 0.135 e. The molecule has 0 bridgehead atoms. The zero-order valence-electron chi connectivity index (χ0n) is 11.0. The Labute approximate surface area is 103 Å². The molecular formula is C13H22N4. The Morgan fingerprint density at radius 3 is 2.47 bits per heavy atom. The molecule has 2 rings (SSSR count). The number of hydrogen-bond donors (Lipinski definition) is 2. The van der Waals surface area contributed by atoms with Crippen molar-refractivity contribution in [2.24, 2.45) is 0 Å². The first-order valence-electron chi connectivity index (χ1n) is 6.48. The van der Waals surface area contributed by atoms with Crippen LogP contribution in [0.5, 0.6) is 0 Å². The highest BCUT2D eigenvalue weighted by Gasteiger charge is 2.29. The Hall–Kier alpha value is -1.32. The van der Waals surface area contributed by atoms with E-state index >= 15 is 0 Å². The molecule has 0 saturated heterocycles. The van der Waals surface area contributed by atoms with Crippen LogP contribution in [0.2, 0.25) is 0 Å². The van der Waals surface area contributed by atoms with Crippen LogP contribution < -0.4 is 10.6 Å². The van der Waals surface area contributed by atoms with E-state index in [2.05, 4.69) is 34.4 Å². The number of anilines is 2. The first kappa shape index (κ1) is 12.1. The number of nitrogens with zero attached hydrogens (tertiary/aromatic N) is 2. The highest BCUT2D eigenvalue weighted by molar-refractivity contribution is 5.58. The van der Waals surface area contributed by atoms with E-state index in [1.54, 1.807) is 6.33 Å². The minimum absolute atomic E-state index is 0.212. The summed E-state index contributed by atoms with van der Waals surface area (Å²) in [5.74, 6) is 1.93. The van der Waals surface area contributed by atoms with Gasteiger partial charge < -0.3 is 10.6 Å². The number of rotatable bonds is 4. The van der Waals surface area contributed by atoms with Crippen molar-refractivity contribution < 1.29 is 0 Å². The molecule has 0 atom stereocenters. The summed E-state index contributed by atoms with van der Waals surface area (Å²) in [7, 11) is 1.91. The molecule has 0 unspecified atom stereocenters. The van der Waals surface area contributed by atoms with Gasteiger partial charge in [-0.2, -0.15) is 0 Å². The molecule has 1 saturated carbocycles. The maximum absolute atomic E-state index is 4.40. The van der Waals surface area contributed by atoms with Crippen molar-refractivity contribution in [1.82, 2.24) is 9.97 Å². The van der Waals surface area contributed by atoms with Crippen molar-refractivity contribution in [3.8, 4) is 0 Å². The molecule has 94 valence electrons. The van der Waals surface area contributed by atoms with Gasteiger partial charge in [0.1, 0.15) is 18.0 Å².